The van der Waals surface area contributed by atoms with Gasteiger partial charge in [0, 0.05) is 5.02 Å². The molecule has 0 saturated carbocycles. The van der Waals surface area contributed by atoms with Gasteiger partial charge in [0.2, 0.25) is 0 Å². The summed E-state index contributed by atoms with van der Waals surface area (Å²) in [5.41, 5.74) is 1.13. The third-order valence-corrected chi connectivity index (χ3v) is 2.83. The molecule has 1 nitrogen and oxygen atoms in total. The summed E-state index contributed by atoms with van der Waals surface area (Å²) in [5.74, 6) is 0. The van der Waals surface area contributed by atoms with Gasteiger partial charge in [0.05, 0.1) is 0 Å². The summed E-state index contributed by atoms with van der Waals surface area (Å²) in [6.07, 6.45) is 2.83. The van der Waals surface area contributed by atoms with E-state index in [9.17, 15) is 0 Å². The maximum absolute atomic E-state index is 5.71. The highest BCUT2D eigenvalue weighted by Crippen LogP contribution is 2.11. The summed E-state index contributed by atoms with van der Waals surface area (Å²) in [7, 11) is 2.17. The van der Waals surface area contributed by atoms with Crippen LogP contribution in [-0.4, -0.2) is 25.0 Å². The fraction of sp³-hybridized carbons (Fsp3) is 0.571. The third kappa shape index (κ3) is 6.86. The van der Waals surface area contributed by atoms with E-state index in [0.29, 0.717) is 0 Å². The first-order valence-electron chi connectivity index (χ1n) is 6.10. The van der Waals surface area contributed by atoms with Crippen molar-refractivity contribution in [1.29, 1.82) is 0 Å². The van der Waals surface area contributed by atoms with Gasteiger partial charge in [-0.3, -0.25) is 0 Å². The molecule has 2 heteroatoms. The van der Waals surface area contributed by atoms with Crippen molar-refractivity contribution in [3.8, 4) is 0 Å². The Morgan fingerprint density at radius 1 is 1.06 bits per heavy atom. The van der Waals surface area contributed by atoms with Crippen LogP contribution in [-0.2, 0) is 0 Å². The number of halogens is 1. The van der Waals surface area contributed by atoms with E-state index < -0.39 is 0 Å². The quantitative estimate of drug-likeness (QED) is 0.651. The van der Waals surface area contributed by atoms with E-state index in [1.165, 1.54) is 25.9 Å². The fourth-order valence-corrected chi connectivity index (χ4v) is 1.56. The van der Waals surface area contributed by atoms with E-state index >= 15 is 0 Å². The average Bonchev–Trinajstić information content (AvgIpc) is 2.78. The number of nitrogens with zero attached hydrogens (tertiary/aromatic N) is 1. The van der Waals surface area contributed by atoms with Crippen LogP contribution in [0.3, 0.4) is 0 Å². The smallest absolute Gasteiger partial charge is 0.0435 e. The van der Waals surface area contributed by atoms with Gasteiger partial charge in [0.1, 0.15) is 0 Å². The molecule has 1 saturated heterocycles. The van der Waals surface area contributed by atoms with Gasteiger partial charge in [0.15, 0.2) is 0 Å². The molecule has 0 aromatic heterocycles. The minimum Gasteiger partial charge on any atom is -0.306 e. The van der Waals surface area contributed by atoms with Gasteiger partial charge in [-0.25, -0.2) is 0 Å². The molecule has 1 heterocycles. The second-order valence-corrected chi connectivity index (χ2v) is 4.17. The van der Waals surface area contributed by atoms with Crippen LogP contribution in [0.4, 0.5) is 0 Å². The zero-order valence-corrected chi connectivity index (χ0v) is 11.7. The zero-order valence-electron chi connectivity index (χ0n) is 11.0. The van der Waals surface area contributed by atoms with Crippen molar-refractivity contribution in [1.82, 2.24) is 4.90 Å². The first-order valence-corrected chi connectivity index (χ1v) is 6.47. The molecule has 0 amide bonds. The highest BCUT2D eigenvalue weighted by molar-refractivity contribution is 6.31. The zero-order chi connectivity index (χ0) is 12.4. The minimum atomic E-state index is 0.840. The van der Waals surface area contributed by atoms with Crippen molar-refractivity contribution in [2.45, 2.75) is 33.6 Å². The molecular formula is C14H24ClN. The van der Waals surface area contributed by atoms with Crippen LogP contribution >= 0.6 is 11.6 Å². The topological polar surface area (TPSA) is 3.24 Å². The van der Waals surface area contributed by atoms with Crippen molar-refractivity contribution >= 4 is 11.6 Å². The average molecular weight is 242 g/mol. The molecule has 0 atom stereocenters. The van der Waals surface area contributed by atoms with Crippen LogP contribution in [0.1, 0.15) is 32.3 Å². The predicted molar refractivity (Wildman–Crippen MR) is 74.3 cm³/mol. The van der Waals surface area contributed by atoms with Gasteiger partial charge in [-0.15, -0.1) is 0 Å². The lowest BCUT2D eigenvalue weighted by Crippen LogP contribution is -2.10. The summed E-state index contributed by atoms with van der Waals surface area (Å²) < 4.78 is 0. The molecule has 92 valence electrons. The number of rotatable bonds is 0. The summed E-state index contributed by atoms with van der Waals surface area (Å²) in [6.45, 7) is 8.63. The largest absolute Gasteiger partial charge is 0.306 e. The number of hydrogen-bond acceptors (Lipinski definition) is 1. The Morgan fingerprint density at radius 2 is 1.56 bits per heavy atom. The summed E-state index contributed by atoms with van der Waals surface area (Å²) >= 11 is 5.71. The van der Waals surface area contributed by atoms with Gasteiger partial charge in [-0.2, -0.15) is 0 Å². The first-order chi connectivity index (χ1) is 7.70. The predicted octanol–water partition coefficient (Wildman–Crippen LogP) is 4.39. The third-order valence-electron chi connectivity index (χ3n) is 2.41. The van der Waals surface area contributed by atoms with E-state index in [1.54, 1.807) is 0 Å². The lowest BCUT2D eigenvalue weighted by atomic mass is 10.2. The van der Waals surface area contributed by atoms with Gasteiger partial charge in [-0.05, 0) is 51.5 Å². The Bertz CT molecular complexity index is 246. The molecule has 0 bridgehead atoms. The Balaban J connectivity index is 0.000000251. The lowest BCUT2D eigenvalue weighted by molar-refractivity contribution is 0.418. The van der Waals surface area contributed by atoms with Gasteiger partial charge in [0.25, 0.3) is 0 Å². The lowest BCUT2D eigenvalue weighted by Gasteiger charge is -2.01. The standard InChI is InChI=1S/C7H7Cl.C5H11N.C2H6/c1-6-4-2-3-5-7(6)8;1-6-4-2-3-5-6;1-2/h2-5H,1H3;2-5H2,1H3;1-2H3. The minimum absolute atomic E-state index is 0.840. The summed E-state index contributed by atoms with van der Waals surface area (Å²) in [6, 6.07) is 7.77. The number of aryl methyl sites for hydroxylation is 1. The van der Waals surface area contributed by atoms with Crippen molar-refractivity contribution in [3.05, 3.63) is 34.9 Å². The Morgan fingerprint density at radius 3 is 1.81 bits per heavy atom. The molecule has 0 radical (unpaired) electrons. The molecule has 1 aromatic carbocycles. The number of benzene rings is 1. The van der Waals surface area contributed by atoms with Crippen molar-refractivity contribution < 1.29 is 0 Å². The molecule has 2 rings (SSSR count). The van der Waals surface area contributed by atoms with Crippen molar-refractivity contribution in [2.24, 2.45) is 0 Å². The Kier molecular flexibility index (Phi) is 9.36. The van der Waals surface area contributed by atoms with Gasteiger partial charge >= 0.3 is 0 Å². The molecule has 0 unspecified atom stereocenters. The Labute approximate surface area is 105 Å². The molecule has 1 aliphatic rings. The van der Waals surface area contributed by atoms with Crippen LogP contribution in [0.2, 0.25) is 5.02 Å². The molecule has 0 aliphatic carbocycles. The van der Waals surface area contributed by atoms with E-state index in [0.717, 1.165) is 10.6 Å². The SMILES string of the molecule is CC.CN1CCCC1.Cc1ccccc1Cl. The second-order valence-electron chi connectivity index (χ2n) is 3.76. The van der Waals surface area contributed by atoms with Gasteiger partial charge in [-0.1, -0.05) is 43.6 Å². The van der Waals surface area contributed by atoms with E-state index in [-0.39, 0.29) is 0 Å². The molecule has 0 N–H and O–H groups in total. The maximum atomic E-state index is 5.71. The van der Waals surface area contributed by atoms with Crippen LogP contribution in [0.5, 0.6) is 0 Å². The van der Waals surface area contributed by atoms with Gasteiger partial charge < -0.3 is 4.90 Å². The highest BCUT2D eigenvalue weighted by atomic mass is 35.5. The van der Waals surface area contributed by atoms with E-state index in [1.807, 2.05) is 45.0 Å². The van der Waals surface area contributed by atoms with E-state index in [2.05, 4.69) is 11.9 Å². The van der Waals surface area contributed by atoms with Crippen LogP contribution < -0.4 is 0 Å². The molecule has 1 fully saturated rings. The highest BCUT2D eigenvalue weighted by Gasteiger charge is 2.03. The molecular weight excluding hydrogens is 218 g/mol. The normalized spacial score (nSPS) is 14.6. The first kappa shape index (κ1) is 15.5. The van der Waals surface area contributed by atoms with Crippen molar-refractivity contribution in [3.63, 3.8) is 0 Å². The molecule has 1 aliphatic heterocycles. The number of likely N-dealkylation sites (tertiary alicyclic amines) is 1. The van der Waals surface area contributed by atoms with Crippen LogP contribution in [0.15, 0.2) is 24.3 Å². The maximum Gasteiger partial charge on any atom is 0.0435 e. The van der Waals surface area contributed by atoms with Crippen LogP contribution in [0.25, 0.3) is 0 Å². The molecule has 0 spiro atoms. The summed E-state index contributed by atoms with van der Waals surface area (Å²) in [4.78, 5) is 2.36. The van der Waals surface area contributed by atoms with Crippen LogP contribution in [0, 0.1) is 6.92 Å². The Hall–Kier alpha value is -0.530. The van der Waals surface area contributed by atoms with Crippen molar-refractivity contribution in [2.75, 3.05) is 20.1 Å². The molecule has 1 aromatic rings. The van der Waals surface area contributed by atoms with E-state index in [4.69, 9.17) is 11.6 Å². The fourth-order valence-electron chi connectivity index (χ4n) is 1.43. The molecule has 16 heavy (non-hydrogen) atoms. The summed E-state index contributed by atoms with van der Waals surface area (Å²) in [5, 5.41) is 0.840. The second kappa shape index (κ2) is 9.68. The number of hydrogen-bond donors (Lipinski definition) is 0. The monoisotopic (exact) mass is 241 g/mol.